The summed E-state index contributed by atoms with van der Waals surface area (Å²) in [6.45, 7) is 1.30. The van der Waals surface area contributed by atoms with Crippen LogP contribution >= 0.6 is 0 Å². The fourth-order valence-corrected chi connectivity index (χ4v) is 3.21. The first-order chi connectivity index (χ1) is 11.8. The van der Waals surface area contributed by atoms with E-state index >= 15 is 0 Å². The number of hydrogen-bond acceptors (Lipinski definition) is 6. The molecule has 2 aromatic heterocycles. The van der Waals surface area contributed by atoms with E-state index in [2.05, 4.69) is 15.3 Å². The average molecular weight is 326 g/mol. The molecule has 1 aromatic carbocycles. The fraction of sp³-hybridized carbons (Fsp3) is 0.353. The Labute approximate surface area is 138 Å². The number of carbonyl (C=O) groups is 1. The number of benzene rings is 1. The van der Waals surface area contributed by atoms with Gasteiger partial charge in [0, 0.05) is 24.5 Å². The zero-order valence-corrected chi connectivity index (χ0v) is 13.4. The highest BCUT2D eigenvalue weighted by atomic mass is 16.5. The van der Waals surface area contributed by atoms with Crippen LogP contribution in [0.4, 0.5) is 10.6 Å². The summed E-state index contributed by atoms with van der Waals surface area (Å²) in [4.78, 5) is 22.1. The van der Waals surface area contributed by atoms with Crippen molar-refractivity contribution in [2.75, 3.05) is 25.5 Å². The van der Waals surface area contributed by atoms with Gasteiger partial charge in [-0.05, 0) is 25.0 Å². The molecule has 7 heteroatoms. The number of furan rings is 1. The SMILES string of the molecule is COC(=O)N1CCCC(Nc2ncnc3c2oc2ccccc23)C1. The fourth-order valence-electron chi connectivity index (χ4n) is 3.21. The molecule has 0 aliphatic carbocycles. The lowest BCUT2D eigenvalue weighted by Crippen LogP contribution is -2.45. The number of aromatic nitrogens is 2. The molecule has 1 aliphatic heterocycles. The van der Waals surface area contributed by atoms with Crippen LogP contribution in [0.5, 0.6) is 0 Å². The van der Waals surface area contributed by atoms with Crippen molar-refractivity contribution in [1.82, 2.24) is 14.9 Å². The number of para-hydroxylation sites is 1. The molecule has 0 bridgehead atoms. The number of likely N-dealkylation sites (tertiary alicyclic amines) is 1. The molecule has 7 nitrogen and oxygen atoms in total. The summed E-state index contributed by atoms with van der Waals surface area (Å²) in [5.74, 6) is 0.660. The van der Waals surface area contributed by atoms with Gasteiger partial charge in [-0.25, -0.2) is 14.8 Å². The van der Waals surface area contributed by atoms with Gasteiger partial charge in [-0.3, -0.25) is 0 Å². The summed E-state index contributed by atoms with van der Waals surface area (Å²) in [5, 5.41) is 4.37. The highest BCUT2D eigenvalue weighted by Gasteiger charge is 2.25. The van der Waals surface area contributed by atoms with Gasteiger partial charge in [0.15, 0.2) is 11.4 Å². The number of amides is 1. The molecule has 1 amide bonds. The van der Waals surface area contributed by atoms with E-state index in [4.69, 9.17) is 9.15 Å². The van der Waals surface area contributed by atoms with Crippen molar-refractivity contribution in [3.05, 3.63) is 30.6 Å². The number of anilines is 1. The zero-order chi connectivity index (χ0) is 16.5. The first-order valence-corrected chi connectivity index (χ1v) is 7.98. The van der Waals surface area contributed by atoms with Crippen molar-refractivity contribution in [2.24, 2.45) is 0 Å². The van der Waals surface area contributed by atoms with Gasteiger partial charge < -0.3 is 19.4 Å². The van der Waals surface area contributed by atoms with Gasteiger partial charge in [0.1, 0.15) is 17.4 Å². The number of ether oxygens (including phenoxy) is 1. The van der Waals surface area contributed by atoms with Gasteiger partial charge in [0.05, 0.1) is 7.11 Å². The molecular formula is C17H18N4O3. The van der Waals surface area contributed by atoms with Crippen molar-refractivity contribution < 1.29 is 13.9 Å². The van der Waals surface area contributed by atoms with Crippen molar-refractivity contribution >= 4 is 34.0 Å². The van der Waals surface area contributed by atoms with Crippen LogP contribution in [-0.4, -0.2) is 47.2 Å². The lowest BCUT2D eigenvalue weighted by Gasteiger charge is -2.32. The van der Waals surface area contributed by atoms with E-state index in [-0.39, 0.29) is 12.1 Å². The van der Waals surface area contributed by atoms with Gasteiger partial charge in [0.2, 0.25) is 0 Å². The van der Waals surface area contributed by atoms with Crippen molar-refractivity contribution in [3.63, 3.8) is 0 Å². The molecule has 1 N–H and O–H groups in total. The average Bonchev–Trinajstić information content (AvgIpc) is 3.01. The minimum Gasteiger partial charge on any atom is -0.453 e. The van der Waals surface area contributed by atoms with E-state index in [9.17, 15) is 4.79 Å². The van der Waals surface area contributed by atoms with Crippen LogP contribution in [0.25, 0.3) is 22.1 Å². The third-order valence-corrected chi connectivity index (χ3v) is 4.35. The van der Waals surface area contributed by atoms with Crippen molar-refractivity contribution in [1.29, 1.82) is 0 Å². The third-order valence-electron chi connectivity index (χ3n) is 4.35. The van der Waals surface area contributed by atoms with Crippen LogP contribution in [0, 0.1) is 0 Å². The Bertz CT molecular complexity index is 892. The molecule has 1 atom stereocenters. The molecule has 4 rings (SSSR count). The maximum atomic E-state index is 11.7. The monoisotopic (exact) mass is 326 g/mol. The third kappa shape index (κ3) is 2.51. The summed E-state index contributed by atoms with van der Waals surface area (Å²) in [7, 11) is 1.40. The van der Waals surface area contributed by atoms with Crippen LogP contribution in [0.3, 0.4) is 0 Å². The summed E-state index contributed by atoms with van der Waals surface area (Å²) < 4.78 is 10.7. The van der Waals surface area contributed by atoms with E-state index < -0.39 is 0 Å². The van der Waals surface area contributed by atoms with Crippen molar-refractivity contribution in [2.45, 2.75) is 18.9 Å². The van der Waals surface area contributed by atoms with Crippen LogP contribution < -0.4 is 5.32 Å². The first-order valence-electron chi connectivity index (χ1n) is 7.98. The largest absolute Gasteiger partial charge is 0.453 e. The van der Waals surface area contributed by atoms with Gasteiger partial charge in [-0.15, -0.1) is 0 Å². The molecule has 124 valence electrons. The second-order valence-electron chi connectivity index (χ2n) is 5.90. The van der Waals surface area contributed by atoms with Gasteiger partial charge in [0.25, 0.3) is 0 Å². The minimum atomic E-state index is -0.293. The van der Waals surface area contributed by atoms with Crippen LogP contribution in [-0.2, 0) is 4.74 Å². The summed E-state index contributed by atoms with van der Waals surface area (Å²) >= 11 is 0. The lowest BCUT2D eigenvalue weighted by molar-refractivity contribution is 0.113. The Kier molecular flexibility index (Phi) is 3.68. The molecule has 1 saturated heterocycles. The highest BCUT2D eigenvalue weighted by Crippen LogP contribution is 2.31. The lowest BCUT2D eigenvalue weighted by atomic mass is 10.1. The molecule has 0 radical (unpaired) electrons. The van der Waals surface area contributed by atoms with Crippen LogP contribution in [0.2, 0.25) is 0 Å². The Hall–Kier alpha value is -2.83. The summed E-state index contributed by atoms with van der Waals surface area (Å²) in [5.41, 5.74) is 2.23. The second kappa shape index (κ2) is 5.99. The van der Waals surface area contributed by atoms with E-state index in [0.29, 0.717) is 24.5 Å². The van der Waals surface area contributed by atoms with E-state index in [1.807, 2.05) is 24.3 Å². The highest BCUT2D eigenvalue weighted by molar-refractivity contribution is 6.05. The van der Waals surface area contributed by atoms with Gasteiger partial charge >= 0.3 is 6.09 Å². The molecule has 3 aromatic rings. The zero-order valence-electron chi connectivity index (χ0n) is 13.4. The number of fused-ring (bicyclic) bond motifs is 3. The molecule has 1 unspecified atom stereocenters. The standard InChI is InChI=1S/C17H18N4O3/c1-23-17(22)21-8-4-5-11(9-21)20-16-15-14(18-10-19-16)12-6-2-3-7-13(12)24-15/h2-3,6-7,10-11H,4-5,8-9H2,1H3,(H,18,19,20). The Morgan fingerprint density at radius 3 is 3.12 bits per heavy atom. The van der Waals surface area contributed by atoms with E-state index in [0.717, 1.165) is 29.3 Å². The Morgan fingerprint density at radius 1 is 1.38 bits per heavy atom. The quantitative estimate of drug-likeness (QED) is 0.779. The predicted molar refractivity (Wildman–Crippen MR) is 89.9 cm³/mol. The second-order valence-corrected chi connectivity index (χ2v) is 5.90. The summed E-state index contributed by atoms with van der Waals surface area (Å²) in [6.07, 6.45) is 3.12. The maximum Gasteiger partial charge on any atom is 0.409 e. The smallest absolute Gasteiger partial charge is 0.409 e. The molecule has 3 heterocycles. The van der Waals surface area contributed by atoms with E-state index in [1.165, 1.54) is 13.4 Å². The topological polar surface area (TPSA) is 80.5 Å². The number of piperidine rings is 1. The van der Waals surface area contributed by atoms with Gasteiger partial charge in [-0.1, -0.05) is 12.1 Å². The number of methoxy groups -OCH3 is 1. The van der Waals surface area contributed by atoms with Gasteiger partial charge in [-0.2, -0.15) is 0 Å². The van der Waals surface area contributed by atoms with Crippen LogP contribution in [0.1, 0.15) is 12.8 Å². The predicted octanol–water partition coefficient (Wildman–Crippen LogP) is 3.02. The molecule has 1 aliphatic rings. The number of nitrogens with zero attached hydrogens (tertiary/aromatic N) is 3. The van der Waals surface area contributed by atoms with Crippen molar-refractivity contribution in [3.8, 4) is 0 Å². The molecule has 0 saturated carbocycles. The normalized spacial score (nSPS) is 18.0. The minimum absolute atomic E-state index is 0.101. The van der Waals surface area contributed by atoms with Crippen LogP contribution in [0.15, 0.2) is 35.0 Å². The number of carbonyl (C=O) groups excluding carboxylic acids is 1. The molecule has 24 heavy (non-hydrogen) atoms. The molecular weight excluding hydrogens is 308 g/mol. The Balaban J connectivity index is 1.63. The number of nitrogens with one attached hydrogen (secondary N) is 1. The Morgan fingerprint density at radius 2 is 2.25 bits per heavy atom. The maximum absolute atomic E-state index is 11.7. The van der Waals surface area contributed by atoms with E-state index in [1.54, 1.807) is 4.90 Å². The number of hydrogen-bond donors (Lipinski definition) is 1. The first kappa shape index (κ1) is 14.7. The number of rotatable bonds is 2. The summed E-state index contributed by atoms with van der Waals surface area (Å²) in [6, 6.07) is 7.89. The molecule has 1 fully saturated rings. The molecule has 0 spiro atoms.